The summed E-state index contributed by atoms with van der Waals surface area (Å²) < 4.78 is 19.1. The van der Waals surface area contributed by atoms with Crippen molar-refractivity contribution in [3.8, 4) is 11.3 Å². The quantitative estimate of drug-likeness (QED) is 0.681. The Kier molecular flexibility index (Phi) is 4.71. The van der Waals surface area contributed by atoms with Gasteiger partial charge in [-0.15, -0.1) is 0 Å². The Labute approximate surface area is 168 Å². The SMILES string of the molecule is Cc1cc(C)n([C@H]2[C@@H]3OC[C@@H](O3)[C@@H](NCc3cc(-c4ccccc4)no3)[C@@H]2O)n1. The van der Waals surface area contributed by atoms with Crippen molar-refractivity contribution in [1.82, 2.24) is 20.3 Å². The fraction of sp³-hybridized carbons (Fsp3) is 0.429. The van der Waals surface area contributed by atoms with Gasteiger partial charge in [0.25, 0.3) is 0 Å². The summed E-state index contributed by atoms with van der Waals surface area (Å²) in [5, 5.41) is 23.2. The summed E-state index contributed by atoms with van der Waals surface area (Å²) in [7, 11) is 0. The Balaban J connectivity index is 1.32. The van der Waals surface area contributed by atoms with Crippen molar-refractivity contribution >= 4 is 0 Å². The minimum atomic E-state index is -0.712. The second-order valence-electron chi connectivity index (χ2n) is 7.68. The van der Waals surface area contributed by atoms with Gasteiger partial charge in [-0.25, -0.2) is 0 Å². The third kappa shape index (κ3) is 3.38. The van der Waals surface area contributed by atoms with E-state index >= 15 is 0 Å². The first-order valence-corrected chi connectivity index (χ1v) is 9.82. The number of aryl methyl sites for hydroxylation is 2. The summed E-state index contributed by atoms with van der Waals surface area (Å²) in [6, 6.07) is 13.0. The number of nitrogens with one attached hydrogen (secondary N) is 1. The van der Waals surface area contributed by atoms with Gasteiger partial charge >= 0.3 is 0 Å². The highest BCUT2D eigenvalue weighted by Gasteiger charge is 2.51. The smallest absolute Gasteiger partial charge is 0.183 e. The van der Waals surface area contributed by atoms with E-state index in [1.807, 2.05) is 61.0 Å². The van der Waals surface area contributed by atoms with Crippen LogP contribution >= 0.6 is 0 Å². The van der Waals surface area contributed by atoms with Crippen LogP contribution < -0.4 is 5.32 Å². The van der Waals surface area contributed by atoms with Gasteiger partial charge in [0.15, 0.2) is 12.1 Å². The standard InChI is InChI=1S/C21H24N4O4/c1-12-8-13(2)25(23-12)19-20(26)18(17-11-27-21(19)28-17)22-10-15-9-16(24-29-15)14-6-4-3-5-7-14/h3-9,17-22,26H,10-11H2,1-2H3/t17-,18-,19-,20+,21-/m1/s1. The fourth-order valence-electron chi connectivity index (χ4n) is 4.22. The van der Waals surface area contributed by atoms with Crippen molar-refractivity contribution in [3.05, 3.63) is 59.6 Å². The van der Waals surface area contributed by atoms with Crippen molar-refractivity contribution < 1.29 is 19.1 Å². The number of hydrogen-bond donors (Lipinski definition) is 2. The molecule has 5 atom stereocenters. The number of aromatic nitrogens is 3. The van der Waals surface area contributed by atoms with Crippen LogP contribution in [-0.4, -0.2) is 51.2 Å². The lowest BCUT2D eigenvalue weighted by molar-refractivity contribution is -0.168. The number of hydrogen-bond acceptors (Lipinski definition) is 7. The van der Waals surface area contributed by atoms with Gasteiger partial charge in [0, 0.05) is 17.3 Å². The molecule has 0 amide bonds. The highest BCUT2D eigenvalue weighted by molar-refractivity contribution is 5.58. The van der Waals surface area contributed by atoms with E-state index in [1.165, 1.54) is 0 Å². The van der Waals surface area contributed by atoms with Crippen LogP contribution in [0.5, 0.6) is 0 Å². The van der Waals surface area contributed by atoms with Gasteiger partial charge in [0.2, 0.25) is 0 Å². The molecular weight excluding hydrogens is 372 g/mol. The molecule has 152 valence electrons. The molecule has 0 spiro atoms. The van der Waals surface area contributed by atoms with Crippen molar-refractivity contribution in [1.29, 1.82) is 0 Å². The number of benzene rings is 1. The molecule has 2 aliphatic heterocycles. The van der Waals surface area contributed by atoms with Crippen LogP contribution in [0.4, 0.5) is 0 Å². The predicted octanol–water partition coefficient (Wildman–Crippen LogP) is 1.97. The molecule has 0 saturated carbocycles. The van der Waals surface area contributed by atoms with E-state index in [4.69, 9.17) is 14.0 Å². The van der Waals surface area contributed by atoms with E-state index < -0.39 is 18.4 Å². The van der Waals surface area contributed by atoms with E-state index in [1.54, 1.807) is 0 Å². The average Bonchev–Trinajstić information content (AvgIpc) is 3.43. The lowest BCUT2D eigenvalue weighted by Gasteiger charge is -2.39. The number of aliphatic hydroxyl groups is 1. The molecule has 4 heterocycles. The average molecular weight is 396 g/mol. The summed E-state index contributed by atoms with van der Waals surface area (Å²) in [5.74, 6) is 0.694. The second-order valence-corrected chi connectivity index (χ2v) is 7.68. The molecular formula is C21H24N4O4. The molecule has 2 bridgehead atoms. The normalized spacial score (nSPS) is 28.7. The zero-order valence-corrected chi connectivity index (χ0v) is 16.4. The molecule has 1 aromatic carbocycles. The summed E-state index contributed by atoms with van der Waals surface area (Å²) in [6.07, 6.45) is -1.43. The van der Waals surface area contributed by atoms with Crippen LogP contribution in [0.1, 0.15) is 23.2 Å². The number of aliphatic hydroxyl groups excluding tert-OH is 1. The Morgan fingerprint density at radius 2 is 2.03 bits per heavy atom. The van der Waals surface area contributed by atoms with E-state index in [2.05, 4.69) is 15.6 Å². The highest BCUT2D eigenvalue weighted by atomic mass is 16.7. The van der Waals surface area contributed by atoms with Gasteiger partial charge in [0.1, 0.15) is 17.8 Å². The van der Waals surface area contributed by atoms with Crippen LogP contribution in [-0.2, 0) is 16.0 Å². The highest BCUT2D eigenvalue weighted by Crippen LogP contribution is 2.36. The minimum Gasteiger partial charge on any atom is -0.389 e. The van der Waals surface area contributed by atoms with Gasteiger partial charge in [-0.2, -0.15) is 5.10 Å². The van der Waals surface area contributed by atoms with Crippen LogP contribution in [0.3, 0.4) is 0 Å². The molecule has 0 unspecified atom stereocenters. The molecule has 2 fully saturated rings. The van der Waals surface area contributed by atoms with E-state index in [0.29, 0.717) is 18.9 Å². The van der Waals surface area contributed by atoms with Crippen LogP contribution in [0.15, 0.2) is 47.0 Å². The first-order chi connectivity index (χ1) is 14.1. The lowest BCUT2D eigenvalue weighted by Crippen LogP contribution is -2.57. The van der Waals surface area contributed by atoms with Crippen molar-refractivity contribution in [3.63, 3.8) is 0 Å². The first-order valence-electron chi connectivity index (χ1n) is 9.82. The summed E-state index contributed by atoms with van der Waals surface area (Å²) >= 11 is 0. The van der Waals surface area contributed by atoms with Crippen LogP contribution in [0.25, 0.3) is 11.3 Å². The van der Waals surface area contributed by atoms with Gasteiger partial charge < -0.3 is 24.4 Å². The third-order valence-corrected chi connectivity index (χ3v) is 5.60. The summed E-state index contributed by atoms with van der Waals surface area (Å²) in [6.45, 7) is 4.76. The Morgan fingerprint density at radius 3 is 2.79 bits per heavy atom. The molecule has 5 rings (SSSR count). The lowest BCUT2D eigenvalue weighted by atomic mass is 9.96. The topological polar surface area (TPSA) is 94.6 Å². The summed E-state index contributed by atoms with van der Waals surface area (Å²) in [4.78, 5) is 0. The molecule has 0 radical (unpaired) electrons. The number of rotatable bonds is 5. The van der Waals surface area contributed by atoms with Gasteiger partial charge in [-0.1, -0.05) is 35.5 Å². The Bertz CT molecular complexity index is 986. The Morgan fingerprint density at radius 1 is 1.21 bits per heavy atom. The first kappa shape index (κ1) is 18.5. The van der Waals surface area contributed by atoms with Crippen molar-refractivity contribution in [2.75, 3.05) is 6.61 Å². The zero-order valence-electron chi connectivity index (χ0n) is 16.4. The molecule has 2 aliphatic rings. The molecule has 2 aromatic heterocycles. The molecule has 0 aliphatic carbocycles. The van der Waals surface area contributed by atoms with Crippen molar-refractivity contribution in [2.45, 2.75) is 51.0 Å². The monoisotopic (exact) mass is 396 g/mol. The molecule has 8 heteroatoms. The van der Waals surface area contributed by atoms with E-state index in [9.17, 15) is 5.11 Å². The second kappa shape index (κ2) is 7.38. The maximum atomic E-state index is 11.1. The van der Waals surface area contributed by atoms with Gasteiger partial charge in [-0.3, -0.25) is 4.68 Å². The maximum absolute atomic E-state index is 11.1. The summed E-state index contributed by atoms with van der Waals surface area (Å²) in [5.41, 5.74) is 3.65. The number of ether oxygens (including phenoxy) is 2. The van der Waals surface area contributed by atoms with Gasteiger partial charge in [0.05, 0.1) is 31.0 Å². The predicted molar refractivity (Wildman–Crippen MR) is 104 cm³/mol. The molecule has 8 nitrogen and oxygen atoms in total. The molecule has 2 N–H and O–H groups in total. The third-order valence-electron chi connectivity index (χ3n) is 5.60. The molecule has 3 aromatic rings. The van der Waals surface area contributed by atoms with Crippen LogP contribution in [0, 0.1) is 13.8 Å². The van der Waals surface area contributed by atoms with Gasteiger partial charge in [-0.05, 0) is 19.9 Å². The van der Waals surface area contributed by atoms with E-state index in [-0.39, 0.29) is 12.1 Å². The number of nitrogens with zero attached hydrogens (tertiary/aromatic N) is 3. The zero-order chi connectivity index (χ0) is 20.0. The van der Waals surface area contributed by atoms with Crippen LogP contribution in [0.2, 0.25) is 0 Å². The van der Waals surface area contributed by atoms with Crippen molar-refractivity contribution in [2.24, 2.45) is 0 Å². The van der Waals surface area contributed by atoms with E-state index in [0.717, 1.165) is 22.6 Å². The Hall–Kier alpha value is -2.52. The molecule has 2 saturated heterocycles. The maximum Gasteiger partial charge on any atom is 0.183 e. The molecule has 29 heavy (non-hydrogen) atoms. The largest absolute Gasteiger partial charge is 0.389 e. The fourth-order valence-corrected chi connectivity index (χ4v) is 4.22. The number of fused-ring (bicyclic) bond motifs is 2. The minimum absolute atomic E-state index is 0.222.